The summed E-state index contributed by atoms with van der Waals surface area (Å²) in [5.74, 6) is 1.76. The number of carbonyl (C=O) groups is 1. The summed E-state index contributed by atoms with van der Waals surface area (Å²) in [5.41, 5.74) is 1.31. The van der Waals surface area contributed by atoms with Gasteiger partial charge < -0.3 is 10.2 Å². The van der Waals surface area contributed by atoms with Gasteiger partial charge in [-0.2, -0.15) is 0 Å². The molecule has 3 fully saturated rings. The second kappa shape index (κ2) is 4.30. The topological polar surface area (TPSA) is 45.2 Å². The summed E-state index contributed by atoms with van der Waals surface area (Å²) in [4.78, 5) is 18.6. The lowest BCUT2D eigenvalue weighted by atomic mass is 9.88. The molecule has 4 heteroatoms. The molecule has 0 unspecified atom stereocenters. The van der Waals surface area contributed by atoms with Gasteiger partial charge in [-0.1, -0.05) is 0 Å². The van der Waals surface area contributed by atoms with E-state index in [0.29, 0.717) is 23.8 Å². The van der Waals surface area contributed by atoms with Crippen molar-refractivity contribution < 1.29 is 4.79 Å². The molecule has 1 N–H and O–H groups in total. The summed E-state index contributed by atoms with van der Waals surface area (Å²) >= 11 is 0. The Hall–Kier alpha value is -1.42. The molecule has 2 saturated heterocycles. The highest BCUT2D eigenvalue weighted by atomic mass is 16.2. The first kappa shape index (κ1) is 11.4. The van der Waals surface area contributed by atoms with E-state index in [1.807, 2.05) is 17.3 Å². The van der Waals surface area contributed by atoms with Crippen LogP contribution in [0.25, 0.3) is 0 Å². The van der Waals surface area contributed by atoms with Gasteiger partial charge in [0.2, 0.25) is 5.91 Å². The number of hydrogen-bond donors (Lipinski definition) is 1. The van der Waals surface area contributed by atoms with E-state index in [9.17, 15) is 4.79 Å². The van der Waals surface area contributed by atoms with Crippen molar-refractivity contribution >= 4 is 5.91 Å². The minimum atomic E-state index is 0.262. The molecule has 4 rings (SSSR count). The Morgan fingerprint density at radius 3 is 2.63 bits per heavy atom. The number of rotatable bonds is 2. The highest BCUT2D eigenvalue weighted by Gasteiger charge is 2.48. The average molecular weight is 257 g/mol. The predicted octanol–water partition coefficient (Wildman–Crippen LogP) is 1.01. The van der Waals surface area contributed by atoms with Gasteiger partial charge in [0.25, 0.3) is 0 Å². The van der Waals surface area contributed by atoms with Crippen molar-refractivity contribution in [2.45, 2.75) is 24.8 Å². The standard InChI is InChI=1S/C15H19N3O/c19-15(14-11-1-2-13(14)17-7-11)18-8-12(9-18)10-3-5-16-6-4-10/h3-6,11-14,17H,1-2,7-9H2/t11-,13-,14+/m0/s1. The van der Waals surface area contributed by atoms with Crippen LogP contribution in [0.3, 0.4) is 0 Å². The van der Waals surface area contributed by atoms with Gasteiger partial charge in [0.15, 0.2) is 0 Å². The van der Waals surface area contributed by atoms with Crippen LogP contribution in [-0.4, -0.2) is 41.5 Å². The molecule has 0 spiro atoms. The molecule has 100 valence electrons. The van der Waals surface area contributed by atoms with Crippen LogP contribution in [0.1, 0.15) is 24.3 Å². The van der Waals surface area contributed by atoms with Gasteiger partial charge in [0.05, 0.1) is 5.92 Å². The molecule has 4 nitrogen and oxygen atoms in total. The van der Waals surface area contributed by atoms with Gasteiger partial charge in [-0.3, -0.25) is 9.78 Å². The van der Waals surface area contributed by atoms with Crippen molar-refractivity contribution in [1.82, 2.24) is 15.2 Å². The van der Waals surface area contributed by atoms with Crippen molar-refractivity contribution in [3.05, 3.63) is 30.1 Å². The quantitative estimate of drug-likeness (QED) is 0.860. The summed E-state index contributed by atoms with van der Waals surface area (Å²) in [6.45, 7) is 2.82. The number of pyridine rings is 1. The Balaban J connectivity index is 1.40. The second-order valence-electron chi connectivity index (χ2n) is 6.10. The Morgan fingerprint density at radius 1 is 1.26 bits per heavy atom. The molecular weight excluding hydrogens is 238 g/mol. The van der Waals surface area contributed by atoms with Crippen molar-refractivity contribution in [3.8, 4) is 0 Å². The molecular formula is C15H19N3O. The molecule has 1 aliphatic carbocycles. The Labute approximate surface area is 113 Å². The van der Waals surface area contributed by atoms with Gasteiger partial charge in [0.1, 0.15) is 0 Å². The van der Waals surface area contributed by atoms with Crippen LogP contribution in [0.4, 0.5) is 0 Å². The van der Waals surface area contributed by atoms with E-state index in [1.165, 1.54) is 18.4 Å². The summed E-state index contributed by atoms with van der Waals surface area (Å²) in [6, 6.07) is 4.58. The van der Waals surface area contributed by atoms with Crippen molar-refractivity contribution in [3.63, 3.8) is 0 Å². The second-order valence-corrected chi connectivity index (χ2v) is 6.10. The van der Waals surface area contributed by atoms with Gasteiger partial charge in [-0.05, 0) is 43.0 Å². The molecule has 2 bridgehead atoms. The van der Waals surface area contributed by atoms with Crippen molar-refractivity contribution in [1.29, 1.82) is 0 Å². The van der Waals surface area contributed by atoms with Gasteiger partial charge >= 0.3 is 0 Å². The molecule has 1 amide bonds. The van der Waals surface area contributed by atoms with E-state index >= 15 is 0 Å². The number of piperidine rings is 1. The fourth-order valence-electron chi connectivity index (χ4n) is 3.93. The lowest BCUT2D eigenvalue weighted by Crippen LogP contribution is -2.52. The van der Waals surface area contributed by atoms with E-state index in [2.05, 4.69) is 22.4 Å². The van der Waals surface area contributed by atoms with E-state index in [4.69, 9.17) is 0 Å². The zero-order valence-corrected chi connectivity index (χ0v) is 11.0. The van der Waals surface area contributed by atoms with Gasteiger partial charge in [-0.15, -0.1) is 0 Å². The number of amides is 1. The first-order chi connectivity index (χ1) is 9.33. The molecule has 0 radical (unpaired) electrons. The van der Waals surface area contributed by atoms with Crippen molar-refractivity contribution in [2.24, 2.45) is 11.8 Å². The Kier molecular flexibility index (Phi) is 2.58. The highest BCUT2D eigenvalue weighted by Crippen LogP contribution is 2.40. The molecule has 3 heterocycles. The van der Waals surface area contributed by atoms with Crippen LogP contribution in [0, 0.1) is 11.8 Å². The smallest absolute Gasteiger partial charge is 0.227 e. The number of hydrogen-bond acceptors (Lipinski definition) is 3. The molecule has 19 heavy (non-hydrogen) atoms. The Bertz CT molecular complexity index is 463. The van der Waals surface area contributed by atoms with Crippen molar-refractivity contribution in [2.75, 3.05) is 19.6 Å². The summed E-state index contributed by atoms with van der Waals surface area (Å²) in [6.07, 6.45) is 6.08. The molecule has 0 aromatic carbocycles. The van der Waals surface area contributed by atoms with E-state index in [-0.39, 0.29) is 5.92 Å². The average Bonchev–Trinajstić information content (AvgIpc) is 2.98. The van der Waals surface area contributed by atoms with E-state index < -0.39 is 0 Å². The van der Waals surface area contributed by atoms with Crippen LogP contribution < -0.4 is 5.32 Å². The fourth-order valence-corrected chi connectivity index (χ4v) is 3.93. The predicted molar refractivity (Wildman–Crippen MR) is 71.6 cm³/mol. The van der Waals surface area contributed by atoms with Crippen LogP contribution in [0.2, 0.25) is 0 Å². The minimum Gasteiger partial charge on any atom is -0.341 e. The SMILES string of the molecule is O=C([C@@H]1[C@H]2CC[C@@H]1NC2)N1CC(c2ccncc2)C1. The third-order valence-electron chi connectivity index (χ3n) is 5.09. The zero-order chi connectivity index (χ0) is 12.8. The number of likely N-dealkylation sites (tertiary alicyclic amines) is 1. The maximum absolute atomic E-state index is 12.5. The van der Waals surface area contributed by atoms with Crippen LogP contribution in [0.5, 0.6) is 0 Å². The highest BCUT2D eigenvalue weighted by molar-refractivity contribution is 5.81. The molecule has 1 aromatic heterocycles. The van der Waals surface area contributed by atoms with E-state index in [0.717, 1.165) is 19.6 Å². The zero-order valence-electron chi connectivity index (χ0n) is 11.0. The minimum absolute atomic E-state index is 0.262. The fraction of sp³-hybridized carbons (Fsp3) is 0.600. The Morgan fingerprint density at radius 2 is 2.05 bits per heavy atom. The number of fused-ring (bicyclic) bond motifs is 2. The molecule has 3 atom stereocenters. The largest absolute Gasteiger partial charge is 0.341 e. The summed E-state index contributed by atoms with van der Waals surface area (Å²) in [5, 5.41) is 3.48. The number of aromatic nitrogens is 1. The number of carbonyl (C=O) groups excluding carboxylic acids is 1. The monoisotopic (exact) mass is 257 g/mol. The van der Waals surface area contributed by atoms with Crippen LogP contribution in [-0.2, 0) is 4.79 Å². The lowest BCUT2D eigenvalue weighted by molar-refractivity contribution is -0.140. The third-order valence-corrected chi connectivity index (χ3v) is 5.09. The molecule has 1 saturated carbocycles. The number of nitrogens with one attached hydrogen (secondary N) is 1. The van der Waals surface area contributed by atoms with Crippen LogP contribution >= 0.6 is 0 Å². The lowest BCUT2D eigenvalue weighted by Gasteiger charge is -2.41. The first-order valence-corrected chi connectivity index (χ1v) is 7.25. The first-order valence-electron chi connectivity index (χ1n) is 7.25. The maximum Gasteiger partial charge on any atom is 0.227 e. The van der Waals surface area contributed by atoms with Gasteiger partial charge in [0, 0.05) is 37.4 Å². The molecule has 3 aliphatic rings. The number of nitrogens with zero attached hydrogens (tertiary/aromatic N) is 2. The third kappa shape index (κ3) is 1.77. The van der Waals surface area contributed by atoms with E-state index in [1.54, 1.807) is 0 Å². The summed E-state index contributed by atoms with van der Waals surface area (Å²) < 4.78 is 0. The maximum atomic E-state index is 12.5. The molecule has 1 aromatic rings. The summed E-state index contributed by atoms with van der Waals surface area (Å²) in [7, 11) is 0. The normalized spacial score (nSPS) is 33.5. The molecule has 2 aliphatic heterocycles. The van der Waals surface area contributed by atoms with Gasteiger partial charge in [-0.25, -0.2) is 0 Å². The van der Waals surface area contributed by atoms with Crippen LogP contribution in [0.15, 0.2) is 24.5 Å².